The van der Waals surface area contributed by atoms with E-state index >= 15 is 0 Å². The molecule has 1 aliphatic heterocycles. The van der Waals surface area contributed by atoms with Gasteiger partial charge >= 0.3 is 0 Å². The first-order valence-electron chi connectivity index (χ1n) is 5.32. The molecule has 1 rings (SSSR count). The summed E-state index contributed by atoms with van der Waals surface area (Å²) in [6, 6.07) is 0.479. The van der Waals surface area contributed by atoms with Gasteiger partial charge in [-0.1, -0.05) is 26.8 Å². The second-order valence-electron chi connectivity index (χ2n) is 3.74. The fourth-order valence-corrected chi connectivity index (χ4v) is 4.70. The van der Waals surface area contributed by atoms with Crippen LogP contribution < -0.4 is 5.32 Å². The Balaban J connectivity index is 2.47. The van der Waals surface area contributed by atoms with Crippen LogP contribution in [-0.2, 0) is 0 Å². The Hall–Kier alpha value is 0.400. The normalized spacial score (nSPS) is 35.2. The van der Waals surface area contributed by atoms with Crippen LogP contribution in [0.15, 0.2) is 12.7 Å². The van der Waals surface area contributed by atoms with E-state index in [1.165, 1.54) is 5.75 Å². The van der Waals surface area contributed by atoms with Gasteiger partial charge in [-0.2, -0.15) is 23.5 Å². The van der Waals surface area contributed by atoms with Crippen molar-refractivity contribution in [3.8, 4) is 0 Å². The van der Waals surface area contributed by atoms with E-state index in [2.05, 4.69) is 62.3 Å². The van der Waals surface area contributed by atoms with Gasteiger partial charge < -0.3 is 5.32 Å². The molecular weight excluding hydrogens is 210 g/mol. The molecule has 1 nitrogen and oxygen atoms in total. The summed E-state index contributed by atoms with van der Waals surface area (Å²) in [6.45, 7) is 11.8. The van der Waals surface area contributed by atoms with Crippen molar-refractivity contribution < 1.29 is 0 Å². The fourth-order valence-electron chi connectivity index (χ4n) is 1.60. The minimum atomic E-state index is 0.479. The van der Waals surface area contributed by atoms with E-state index < -0.39 is 0 Å². The summed E-state index contributed by atoms with van der Waals surface area (Å²) in [5.74, 6) is 1.25. The molecule has 0 bridgehead atoms. The molecule has 0 amide bonds. The molecule has 3 heteroatoms. The lowest BCUT2D eigenvalue weighted by Gasteiger charge is -2.35. The van der Waals surface area contributed by atoms with Gasteiger partial charge in [0.2, 0.25) is 0 Å². The zero-order valence-electron chi connectivity index (χ0n) is 9.32. The molecule has 0 aromatic carbocycles. The summed E-state index contributed by atoms with van der Waals surface area (Å²) >= 11 is 4.21. The van der Waals surface area contributed by atoms with Crippen molar-refractivity contribution in [3.63, 3.8) is 0 Å². The molecule has 4 unspecified atom stereocenters. The molecular formula is C11H21NS2. The predicted octanol–water partition coefficient (Wildman–Crippen LogP) is 2.78. The Bertz CT molecular complexity index is 184. The number of rotatable bonds is 4. The SMILES string of the molecule is C=CC(NCC)C1CSC(C)C(C)S1. The first-order chi connectivity index (χ1) is 6.69. The molecule has 14 heavy (non-hydrogen) atoms. The monoisotopic (exact) mass is 231 g/mol. The molecule has 4 atom stereocenters. The number of hydrogen-bond donors (Lipinski definition) is 1. The highest BCUT2D eigenvalue weighted by Crippen LogP contribution is 2.37. The van der Waals surface area contributed by atoms with E-state index in [0.29, 0.717) is 11.3 Å². The molecule has 82 valence electrons. The summed E-state index contributed by atoms with van der Waals surface area (Å²) < 4.78 is 0. The van der Waals surface area contributed by atoms with Gasteiger partial charge in [0.1, 0.15) is 0 Å². The number of likely N-dealkylation sites (N-methyl/N-ethyl adjacent to an activating group) is 1. The van der Waals surface area contributed by atoms with Crippen molar-refractivity contribution in [1.82, 2.24) is 5.32 Å². The summed E-state index contributed by atoms with van der Waals surface area (Å²) in [7, 11) is 0. The molecule has 1 fully saturated rings. The average molecular weight is 231 g/mol. The van der Waals surface area contributed by atoms with Gasteiger partial charge in [0, 0.05) is 27.5 Å². The standard InChI is InChI=1S/C11H21NS2/c1-5-10(12-6-2)11-7-13-8(3)9(4)14-11/h5,8-12H,1,6-7H2,2-4H3. The Kier molecular flexibility index (Phi) is 5.42. The highest BCUT2D eigenvalue weighted by Gasteiger charge is 2.29. The zero-order chi connectivity index (χ0) is 10.6. The third kappa shape index (κ3) is 3.21. The van der Waals surface area contributed by atoms with Gasteiger partial charge in [0.05, 0.1) is 0 Å². The van der Waals surface area contributed by atoms with E-state index in [0.717, 1.165) is 17.0 Å². The van der Waals surface area contributed by atoms with E-state index in [1.54, 1.807) is 0 Å². The van der Waals surface area contributed by atoms with Crippen molar-refractivity contribution in [3.05, 3.63) is 12.7 Å². The molecule has 0 radical (unpaired) electrons. The quantitative estimate of drug-likeness (QED) is 0.747. The van der Waals surface area contributed by atoms with E-state index in [1.807, 2.05) is 0 Å². The van der Waals surface area contributed by atoms with Crippen molar-refractivity contribution in [1.29, 1.82) is 0 Å². The minimum Gasteiger partial charge on any atom is -0.310 e. The van der Waals surface area contributed by atoms with Crippen LogP contribution in [0.25, 0.3) is 0 Å². The first kappa shape index (κ1) is 12.5. The van der Waals surface area contributed by atoms with Crippen LogP contribution >= 0.6 is 23.5 Å². The third-order valence-corrected chi connectivity index (χ3v) is 6.18. The maximum Gasteiger partial charge on any atom is 0.0375 e. The van der Waals surface area contributed by atoms with Crippen LogP contribution in [0.1, 0.15) is 20.8 Å². The van der Waals surface area contributed by atoms with Crippen LogP contribution in [0, 0.1) is 0 Å². The van der Waals surface area contributed by atoms with Crippen molar-refractivity contribution in [2.45, 2.75) is 42.6 Å². The lowest BCUT2D eigenvalue weighted by atomic mass is 10.2. The molecule has 1 saturated heterocycles. The molecule has 0 aromatic rings. The van der Waals surface area contributed by atoms with E-state index in [-0.39, 0.29) is 0 Å². The largest absolute Gasteiger partial charge is 0.310 e. The minimum absolute atomic E-state index is 0.479. The maximum absolute atomic E-state index is 3.91. The lowest BCUT2D eigenvalue weighted by molar-refractivity contribution is 0.609. The predicted molar refractivity (Wildman–Crippen MR) is 70.4 cm³/mol. The van der Waals surface area contributed by atoms with E-state index in [9.17, 15) is 0 Å². The molecule has 1 heterocycles. The van der Waals surface area contributed by atoms with Crippen LogP contribution in [0.3, 0.4) is 0 Å². The van der Waals surface area contributed by atoms with E-state index in [4.69, 9.17) is 0 Å². The number of hydrogen-bond acceptors (Lipinski definition) is 3. The van der Waals surface area contributed by atoms with Gasteiger partial charge in [-0.3, -0.25) is 0 Å². The highest BCUT2D eigenvalue weighted by molar-refractivity contribution is 8.07. The summed E-state index contributed by atoms with van der Waals surface area (Å²) in [5, 5.41) is 5.74. The van der Waals surface area contributed by atoms with Gasteiger partial charge in [-0.25, -0.2) is 0 Å². The molecule has 0 aromatic heterocycles. The maximum atomic E-state index is 3.91. The second kappa shape index (κ2) is 6.09. The lowest BCUT2D eigenvalue weighted by Crippen LogP contribution is -2.41. The van der Waals surface area contributed by atoms with Crippen LogP contribution in [0.5, 0.6) is 0 Å². The highest BCUT2D eigenvalue weighted by atomic mass is 32.2. The topological polar surface area (TPSA) is 12.0 Å². The van der Waals surface area contributed by atoms with Crippen LogP contribution in [0.2, 0.25) is 0 Å². The Labute approximate surface area is 96.5 Å². The van der Waals surface area contributed by atoms with Crippen molar-refractivity contribution in [2.75, 3.05) is 12.3 Å². The fraction of sp³-hybridized carbons (Fsp3) is 0.818. The van der Waals surface area contributed by atoms with Crippen molar-refractivity contribution in [2.24, 2.45) is 0 Å². The van der Waals surface area contributed by atoms with Gasteiger partial charge in [-0.15, -0.1) is 6.58 Å². The third-order valence-electron chi connectivity index (χ3n) is 2.67. The smallest absolute Gasteiger partial charge is 0.0375 e. The van der Waals surface area contributed by atoms with Crippen molar-refractivity contribution >= 4 is 23.5 Å². The molecule has 0 aliphatic carbocycles. The molecule has 1 aliphatic rings. The number of thioether (sulfide) groups is 2. The van der Waals surface area contributed by atoms with Gasteiger partial charge in [-0.05, 0) is 6.54 Å². The second-order valence-corrected chi connectivity index (χ2v) is 6.77. The van der Waals surface area contributed by atoms with Crippen LogP contribution in [0.4, 0.5) is 0 Å². The summed E-state index contributed by atoms with van der Waals surface area (Å²) in [4.78, 5) is 0. The average Bonchev–Trinajstić information content (AvgIpc) is 2.19. The van der Waals surface area contributed by atoms with Gasteiger partial charge in [0.25, 0.3) is 0 Å². The summed E-state index contributed by atoms with van der Waals surface area (Å²) in [5.41, 5.74) is 0. The Morgan fingerprint density at radius 2 is 2.21 bits per heavy atom. The molecule has 0 saturated carbocycles. The Morgan fingerprint density at radius 3 is 2.71 bits per heavy atom. The number of nitrogens with one attached hydrogen (secondary N) is 1. The van der Waals surface area contributed by atoms with Gasteiger partial charge in [0.15, 0.2) is 0 Å². The Morgan fingerprint density at radius 1 is 1.50 bits per heavy atom. The summed E-state index contributed by atoms with van der Waals surface area (Å²) in [6.07, 6.45) is 2.06. The van der Waals surface area contributed by atoms with Crippen LogP contribution in [-0.4, -0.2) is 34.1 Å². The molecule has 1 N–H and O–H groups in total. The first-order valence-corrected chi connectivity index (χ1v) is 7.31. The molecule has 0 spiro atoms. The zero-order valence-corrected chi connectivity index (χ0v) is 11.0.